The highest BCUT2D eigenvalue weighted by Crippen LogP contribution is 2.34. The number of methoxy groups -OCH3 is 1. The van der Waals surface area contributed by atoms with Crippen molar-refractivity contribution in [3.05, 3.63) is 0 Å². The van der Waals surface area contributed by atoms with Crippen molar-refractivity contribution in [2.45, 2.75) is 49.6 Å². The number of ether oxygens (including phenoxy) is 3. The van der Waals surface area contributed by atoms with Crippen molar-refractivity contribution in [2.24, 2.45) is 5.73 Å². The van der Waals surface area contributed by atoms with Crippen molar-refractivity contribution in [1.29, 1.82) is 0 Å². The average molecular weight is 360 g/mol. The Morgan fingerprint density at radius 2 is 2.16 bits per heavy atom. The fourth-order valence-corrected chi connectivity index (χ4v) is 2.61. The summed E-state index contributed by atoms with van der Waals surface area (Å²) < 4.78 is 15.5. The van der Waals surface area contributed by atoms with Crippen molar-refractivity contribution in [3.63, 3.8) is 0 Å². The standard InChI is InChI=1S/C15H24N2O8/c1-4-5-24-15(14(22)23-3)6-9(19)11(17-8(2)18)13(25-15)12(21)10(20)7-16/h1,9-13,19-21H,5-7,16H2,2-3H3,(H,17,18)/t9-,10?,11-,12-,13?,15-/m1/s1. The van der Waals surface area contributed by atoms with Gasteiger partial charge in [-0.15, -0.1) is 6.42 Å². The van der Waals surface area contributed by atoms with Gasteiger partial charge < -0.3 is 40.6 Å². The number of aliphatic hydroxyl groups is 3. The number of rotatable bonds is 7. The van der Waals surface area contributed by atoms with Crippen LogP contribution in [-0.4, -0.2) is 83.7 Å². The third-order valence-corrected chi connectivity index (χ3v) is 3.80. The molecule has 1 amide bonds. The number of terminal acetylenes is 1. The minimum absolute atomic E-state index is 0.319. The molecule has 1 aliphatic rings. The molecule has 0 aromatic heterocycles. The molecule has 25 heavy (non-hydrogen) atoms. The molecule has 0 aromatic rings. The number of hydrogen-bond acceptors (Lipinski definition) is 9. The highest BCUT2D eigenvalue weighted by Gasteiger charge is 2.56. The lowest BCUT2D eigenvalue weighted by Gasteiger charge is -2.46. The molecule has 10 nitrogen and oxygen atoms in total. The third-order valence-electron chi connectivity index (χ3n) is 3.80. The van der Waals surface area contributed by atoms with Crippen LogP contribution in [-0.2, 0) is 23.8 Å². The Hall–Kier alpha value is -1.74. The number of hydrogen-bond donors (Lipinski definition) is 5. The maximum atomic E-state index is 12.2. The molecule has 0 aliphatic carbocycles. The Morgan fingerprint density at radius 1 is 1.52 bits per heavy atom. The first-order valence-corrected chi connectivity index (χ1v) is 7.57. The fourth-order valence-electron chi connectivity index (χ4n) is 2.61. The zero-order valence-electron chi connectivity index (χ0n) is 14.0. The summed E-state index contributed by atoms with van der Waals surface area (Å²) >= 11 is 0. The number of esters is 1. The monoisotopic (exact) mass is 360 g/mol. The van der Waals surface area contributed by atoms with Crippen LogP contribution in [0.3, 0.4) is 0 Å². The first kappa shape index (κ1) is 21.3. The van der Waals surface area contributed by atoms with E-state index in [1.165, 1.54) is 6.92 Å². The number of nitrogens with two attached hydrogens (primary N) is 1. The average Bonchev–Trinajstić information content (AvgIpc) is 2.59. The molecule has 6 atom stereocenters. The molecule has 0 aromatic carbocycles. The number of carbonyl (C=O) groups is 2. The molecule has 0 saturated carbocycles. The van der Waals surface area contributed by atoms with E-state index < -0.39 is 54.5 Å². The van der Waals surface area contributed by atoms with E-state index in [9.17, 15) is 24.9 Å². The lowest BCUT2D eigenvalue weighted by Crippen LogP contribution is -2.68. The van der Waals surface area contributed by atoms with Crippen molar-refractivity contribution in [3.8, 4) is 12.3 Å². The van der Waals surface area contributed by atoms with Crippen LogP contribution in [0.4, 0.5) is 0 Å². The Kier molecular flexibility index (Phi) is 7.75. The van der Waals surface area contributed by atoms with E-state index in [0.29, 0.717) is 0 Å². The van der Waals surface area contributed by atoms with E-state index in [2.05, 4.69) is 16.0 Å². The summed E-state index contributed by atoms with van der Waals surface area (Å²) in [6, 6.07) is -1.12. The van der Waals surface area contributed by atoms with Crippen molar-refractivity contribution in [1.82, 2.24) is 5.32 Å². The van der Waals surface area contributed by atoms with Gasteiger partial charge in [0.2, 0.25) is 5.91 Å². The molecule has 1 heterocycles. The zero-order valence-corrected chi connectivity index (χ0v) is 14.0. The zero-order chi connectivity index (χ0) is 19.2. The van der Waals surface area contributed by atoms with E-state index in [4.69, 9.17) is 21.6 Å². The second kappa shape index (κ2) is 9.10. The van der Waals surface area contributed by atoms with Crippen LogP contribution in [0.5, 0.6) is 0 Å². The number of amides is 1. The quantitative estimate of drug-likeness (QED) is 0.233. The molecule has 1 rings (SSSR count). The van der Waals surface area contributed by atoms with Crippen LogP contribution in [0.15, 0.2) is 0 Å². The summed E-state index contributed by atoms with van der Waals surface area (Å²) in [6.07, 6.45) is -1.12. The van der Waals surface area contributed by atoms with Gasteiger partial charge in [0.1, 0.15) is 18.8 Å². The van der Waals surface area contributed by atoms with Crippen LogP contribution >= 0.6 is 0 Å². The highest BCUT2D eigenvalue weighted by atomic mass is 16.7. The maximum absolute atomic E-state index is 12.2. The van der Waals surface area contributed by atoms with Crippen LogP contribution in [0.25, 0.3) is 0 Å². The Labute approximate surface area is 145 Å². The molecule has 142 valence electrons. The van der Waals surface area contributed by atoms with Gasteiger partial charge in [-0.05, 0) is 0 Å². The minimum Gasteiger partial charge on any atom is -0.465 e. The molecular weight excluding hydrogens is 336 g/mol. The van der Waals surface area contributed by atoms with Gasteiger partial charge in [-0.25, -0.2) is 4.79 Å². The summed E-state index contributed by atoms with van der Waals surface area (Å²) in [5.41, 5.74) is 5.33. The molecule has 0 radical (unpaired) electrons. The predicted octanol–water partition coefficient (Wildman–Crippen LogP) is -3.16. The van der Waals surface area contributed by atoms with E-state index in [1.54, 1.807) is 0 Å². The Morgan fingerprint density at radius 3 is 2.64 bits per heavy atom. The Bertz CT molecular complexity index is 522. The van der Waals surface area contributed by atoms with E-state index in [1.807, 2.05) is 0 Å². The van der Waals surface area contributed by atoms with Gasteiger partial charge in [0.05, 0.1) is 25.4 Å². The first-order chi connectivity index (χ1) is 11.7. The highest BCUT2D eigenvalue weighted by molar-refractivity contribution is 5.78. The van der Waals surface area contributed by atoms with E-state index in [-0.39, 0.29) is 13.2 Å². The summed E-state index contributed by atoms with van der Waals surface area (Å²) in [6.45, 7) is 0.543. The first-order valence-electron chi connectivity index (χ1n) is 7.57. The molecule has 1 aliphatic heterocycles. The Balaban J connectivity index is 3.24. The predicted molar refractivity (Wildman–Crippen MR) is 83.7 cm³/mol. The lowest BCUT2D eigenvalue weighted by molar-refractivity contribution is -0.308. The topological polar surface area (TPSA) is 161 Å². The number of nitrogens with one attached hydrogen (secondary N) is 1. The second-order valence-electron chi connectivity index (χ2n) is 5.61. The van der Waals surface area contributed by atoms with Crippen LogP contribution in [0, 0.1) is 12.3 Å². The summed E-state index contributed by atoms with van der Waals surface area (Å²) in [5, 5.41) is 32.9. The van der Waals surface area contributed by atoms with Crippen molar-refractivity contribution >= 4 is 11.9 Å². The fraction of sp³-hybridized carbons (Fsp3) is 0.733. The summed E-state index contributed by atoms with van der Waals surface area (Å²) in [5.74, 6) is -1.44. The van der Waals surface area contributed by atoms with Gasteiger partial charge >= 0.3 is 5.97 Å². The molecule has 0 spiro atoms. The van der Waals surface area contributed by atoms with Gasteiger partial charge in [-0.2, -0.15) is 0 Å². The molecule has 2 unspecified atom stereocenters. The lowest BCUT2D eigenvalue weighted by atomic mass is 9.88. The molecular formula is C15H24N2O8. The number of aliphatic hydroxyl groups excluding tert-OH is 3. The summed E-state index contributed by atoms with van der Waals surface area (Å²) in [7, 11) is 1.08. The smallest absolute Gasteiger partial charge is 0.366 e. The summed E-state index contributed by atoms with van der Waals surface area (Å²) in [4.78, 5) is 23.6. The largest absolute Gasteiger partial charge is 0.465 e. The van der Waals surface area contributed by atoms with Gasteiger partial charge in [-0.1, -0.05) is 5.92 Å². The second-order valence-corrected chi connectivity index (χ2v) is 5.61. The number of carbonyl (C=O) groups excluding carboxylic acids is 2. The molecule has 6 N–H and O–H groups in total. The van der Waals surface area contributed by atoms with E-state index in [0.717, 1.165) is 7.11 Å². The molecule has 1 saturated heterocycles. The van der Waals surface area contributed by atoms with E-state index >= 15 is 0 Å². The van der Waals surface area contributed by atoms with Crippen LogP contribution < -0.4 is 11.1 Å². The van der Waals surface area contributed by atoms with Gasteiger partial charge in [0.25, 0.3) is 5.79 Å². The van der Waals surface area contributed by atoms with Crippen molar-refractivity contribution in [2.75, 3.05) is 20.3 Å². The van der Waals surface area contributed by atoms with Gasteiger partial charge in [0, 0.05) is 19.9 Å². The normalized spacial score (nSPS) is 31.5. The van der Waals surface area contributed by atoms with Crippen LogP contribution in [0.2, 0.25) is 0 Å². The van der Waals surface area contributed by atoms with Crippen LogP contribution in [0.1, 0.15) is 13.3 Å². The van der Waals surface area contributed by atoms with Crippen molar-refractivity contribution < 1.29 is 39.1 Å². The maximum Gasteiger partial charge on any atom is 0.366 e. The minimum atomic E-state index is -2.10. The third kappa shape index (κ3) is 4.88. The molecule has 1 fully saturated rings. The SMILES string of the molecule is C#CCO[C@]1(C(=O)OC)C[C@@H](O)[C@@H](NC(C)=O)C([C@H](O)C(O)CN)O1. The van der Waals surface area contributed by atoms with Gasteiger partial charge in [-0.3, -0.25) is 4.79 Å². The molecule has 0 bridgehead atoms. The molecule has 10 heteroatoms. The van der Waals surface area contributed by atoms with Gasteiger partial charge in [0.15, 0.2) is 0 Å².